The summed E-state index contributed by atoms with van der Waals surface area (Å²) < 4.78 is 13.0. The molecule has 3 nitrogen and oxygen atoms in total. The third-order valence-electron chi connectivity index (χ3n) is 2.42. The van der Waals surface area contributed by atoms with Gasteiger partial charge >= 0.3 is 0 Å². The normalized spacial score (nSPS) is 10.1. The van der Waals surface area contributed by atoms with E-state index in [-0.39, 0.29) is 23.9 Å². The van der Waals surface area contributed by atoms with E-state index in [1.165, 1.54) is 11.0 Å². The first kappa shape index (κ1) is 13.2. The quantitative estimate of drug-likeness (QED) is 0.817. The fourth-order valence-corrected chi connectivity index (χ4v) is 1.48. The highest BCUT2D eigenvalue weighted by atomic mass is 19.1. The lowest BCUT2D eigenvalue weighted by molar-refractivity contribution is -0.130. The SMILES string of the molecule is C=C(O)CC(=O)N(C)Cc1ccc(F)c(C)c1. The standard InChI is InChI=1S/C13H16FNO2/c1-9-6-11(4-5-12(9)14)8-15(3)13(17)7-10(2)16/h4-6,16H,2,7-8H2,1,3H3. The Bertz CT molecular complexity index is 443. The summed E-state index contributed by atoms with van der Waals surface area (Å²) in [6.45, 7) is 5.33. The number of aliphatic hydroxyl groups is 1. The van der Waals surface area contributed by atoms with Gasteiger partial charge in [0, 0.05) is 13.6 Å². The Hall–Kier alpha value is -1.84. The maximum atomic E-state index is 13.0. The summed E-state index contributed by atoms with van der Waals surface area (Å²) >= 11 is 0. The zero-order valence-corrected chi connectivity index (χ0v) is 10.0. The average Bonchev–Trinajstić information content (AvgIpc) is 2.22. The lowest BCUT2D eigenvalue weighted by Crippen LogP contribution is -2.26. The summed E-state index contributed by atoms with van der Waals surface area (Å²) in [6, 6.07) is 4.72. The molecule has 0 saturated heterocycles. The van der Waals surface area contributed by atoms with Gasteiger partial charge in [0.15, 0.2) is 0 Å². The number of carbonyl (C=O) groups is 1. The van der Waals surface area contributed by atoms with Crippen LogP contribution in [0.2, 0.25) is 0 Å². The number of benzene rings is 1. The number of hydrogen-bond donors (Lipinski definition) is 1. The van der Waals surface area contributed by atoms with Crippen LogP contribution in [0.4, 0.5) is 4.39 Å². The fourth-order valence-electron chi connectivity index (χ4n) is 1.48. The Morgan fingerprint density at radius 1 is 1.53 bits per heavy atom. The average molecular weight is 237 g/mol. The summed E-state index contributed by atoms with van der Waals surface area (Å²) in [5.41, 5.74) is 1.40. The summed E-state index contributed by atoms with van der Waals surface area (Å²) in [6.07, 6.45) is -0.0866. The van der Waals surface area contributed by atoms with E-state index in [0.29, 0.717) is 12.1 Å². The van der Waals surface area contributed by atoms with Crippen LogP contribution >= 0.6 is 0 Å². The number of halogens is 1. The molecular formula is C13H16FNO2. The third kappa shape index (κ3) is 3.90. The van der Waals surface area contributed by atoms with Crippen molar-refractivity contribution in [3.05, 3.63) is 47.5 Å². The summed E-state index contributed by atoms with van der Waals surface area (Å²) in [7, 11) is 1.63. The Morgan fingerprint density at radius 2 is 2.18 bits per heavy atom. The smallest absolute Gasteiger partial charge is 0.230 e. The van der Waals surface area contributed by atoms with Crippen LogP contribution in [0.15, 0.2) is 30.5 Å². The fraction of sp³-hybridized carbons (Fsp3) is 0.308. The van der Waals surface area contributed by atoms with Gasteiger partial charge < -0.3 is 10.0 Å². The van der Waals surface area contributed by atoms with Crippen LogP contribution in [0.25, 0.3) is 0 Å². The summed E-state index contributed by atoms with van der Waals surface area (Å²) in [5.74, 6) is -0.636. The van der Waals surface area contributed by atoms with E-state index in [2.05, 4.69) is 6.58 Å². The zero-order chi connectivity index (χ0) is 13.0. The number of amides is 1. The molecule has 1 amide bonds. The van der Waals surface area contributed by atoms with E-state index in [0.717, 1.165) is 5.56 Å². The van der Waals surface area contributed by atoms with Crippen molar-refractivity contribution in [2.75, 3.05) is 7.05 Å². The van der Waals surface area contributed by atoms with Crippen LogP contribution in [0.5, 0.6) is 0 Å². The van der Waals surface area contributed by atoms with Gasteiger partial charge in [0.05, 0.1) is 12.2 Å². The van der Waals surface area contributed by atoms with Crippen LogP contribution in [-0.2, 0) is 11.3 Å². The van der Waals surface area contributed by atoms with E-state index in [1.807, 2.05) is 0 Å². The molecule has 0 aliphatic carbocycles. The molecule has 0 aliphatic heterocycles. The summed E-state index contributed by atoms with van der Waals surface area (Å²) in [4.78, 5) is 13.0. The molecule has 0 atom stereocenters. The Kier molecular flexibility index (Phi) is 4.26. The minimum atomic E-state index is -0.258. The van der Waals surface area contributed by atoms with Gasteiger partial charge in [0.2, 0.25) is 5.91 Å². The van der Waals surface area contributed by atoms with E-state index in [1.54, 1.807) is 26.1 Å². The van der Waals surface area contributed by atoms with Crippen LogP contribution in [0.1, 0.15) is 17.5 Å². The minimum Gasteiger partial charge on any atom is -0.512 e. The molecule has 1 N–H and O–H groups in total. The molecule has 0 spiro atoms. The van der Waals surface area contributed by atoms with Crippen molar-refractivity contribution < 1.29 is 14.3 Å². The second-order valence-electron chi connectivity index (χ2n) is 4.08. The maximum absolute atomic E-state index is 13.0. The second-order valence-corrected chi connectivity index (χ2v) is 4.08. The molecule has 4 heteroatoms. The van der Waals surface area contributed by atoms with Crippen molar-refractivity contribution in [2.24, 2.45) is 0 Å². The van der Waals surface area contributed by atoms with Crippen molar-refractivity contribution in [3.63, 3.8) is 0 Å². The number of aryl methyl sites for hydroxylation is 1. The van der Waals surface area contributed by atoms with Crippen molar-refractivity contribution in [1.29, 1.82) is 0 Å². The third-order valence-corrected chi connectivity index (χ3v) is 2.42. The molecule has 0 saturated carbocycles. The molecule has 0 unspecified atom stereocenters. The molecule has 0 aliphatic rings. The number of rotatable bonds is 4. The van der Waals surface area contributed by atoms with Gasteiger partial charge in [-0.2, -0.15) is 0 Å². The Balaban J connectivity index is 2.67. The molecule has 17 heavy (non-hydrogen) atoms. The van der Waals surface area contributed by atoms with Crippen LogP contribution < -0.4 is 0 Å². The second kappa shape index (κ2) is 5.48. The molecule has 0 bridgehead atoms. The topological polar surface area (TPSA) is 40.5 Å². The lowest BCUT2D eigenvalue weighted by atomic mass is 10.1. The number of carbonyl (C=O) groups excluding carboxylic acids is 1. The molecule has 0 aromatic heterocycles. The van der Waals surface area contributed by atoms with Crippen LogP contribution in [0, 0.1) is 12.7 Å². The van der Waals surface area contributed by atoms with Crippen LogP contribution in [-0.4, -0.2) is 23.0 Å². The van der Waals surface area contributed by atoms with Gasteiger partial charge in [0.25, 0.3) is 0 Å². The van der Waals surface area contributed by atoms with Gasteiger partial charge in [-0.15, -0.1) is 0 Å². The highest BCUT2D eigenvalue weighted by Gasteiger charge is 2.10. The van der Waals surface area contributed by atoms with Crippen molar-refractivity contribution >= 4 is 5.91 Å². The summed E-state index contributed by atoms with van der Waals surface area (Å²) in [5, 5.41) is 8.93. The first-order valence-corrected chi connectivity index (χ1v) is 5.26. The molecule has 0 radical (unpaired) electrons. The molecular weight excluding hydrogens is 221 g/mol. The minimum absolute atomic E-state index is 0.0866. The molecule has 1 aromatic rings. The first-order valence-electron chi connectivity index (χ1n) is 5.26. The molecule has 0 heterocycles. The van der Waals surface area contributed by atoms with E-state index in [9.17, 15) is 9.18 Å². The Morgan fingerprint density at radius 3 is 2.71 bits per heavy atom. The zero-order valence-electron chi connectivity index (χ0n) is 10.0. The highest BCUT2D eigenvalue weighted by molar-refractivity contribution is 5.77. The monoisotopic (exact) mass is 237 g/mol. The number of hydrogen-bond acceptors (Lipinski definition) is 2. The predicted octanol–water partition coefficient (Wildman–Crippen LogP) is 2.55. The van der Waals surface area contributed by atoms with Gasteiger partial charge in [-0.25, -0.2) is 4.39 Å². The van der Waals surface area contributed by atoms with E-state index in [4.69, 9.17) is 5.11 Å². The number of aliphatic hydroxyl groups excluding tert-OH is 1. The van der Waals surface area contributed by atoms with Gasteiger partial charge in [-0.3, -0.25) is 4.79 Å². The predicted molar refractivity (Wildman–Crippen MR) is 64.0 cm³/mol. The molecule has 92 valence electrons. The van der Waals surface area contributed by atoms with Crippen molar-refractivity contribution in [1.82, 2.24) is 4.90 Å². The molecule has 1 aromatic carbocycles. The maximum Gasteiger partial charge on any atom is 0.230 e. The lowest BCUT2D eigenvalue weighted by Gasteiger charge is -2.17. The highest BCUT2D eigenvalue weighted by Crippen LogP contribution is 2.11. The largest absolute Gasteiger partial charge is 0.512 e. The first-order chi connectivity index (χ1) is 7.90. The van der Waals surface area contributed by atoms with Crippen LogP contribution in [0.3, 0.4) is 0 Å². The molecule has 1 rings (SSSR count). The van der Waals surface area contributed by atoms with Gasteiger partial charge in [0.1, 0.15) is 5.82 Å². The van der Waals surface area contributed by atoms with Crippen molar-refractivity contribution in [3.8, 4) is 0 Å². The van der Waals surface area contributed by atoms with Gasteiger partial charge in [-0.1, -0.05) is 18.7 Å². The Labute approximate surface area is 100 Å². The van der Waals surface area contributed by atoms with Gasteiger partial charge in [-0.05, 0) is 24.1 Å². The van der Waals surface area contributed by atoms with E-state index < -0.39 is 0 Å². The molecule has 0 fully saturated rings. The van der Waals surface area contributed by atoms with E-state index >= 15 is 0 Å². The van der Waals surface area contributed by atoms with Crippen molar-refractivity contribution in [2.45, 2.75) is 19.9 Å². The number of nitrogens with zero attached hydrogens (tertiary/aromatic N) is 1.